The number of ketones is 2. The summed E-state index contributed by atoms with van der Waals surface area (Å²) in [6.07, 6.45) is 6.12. The maximum Gasteiger partial charge on any atom is 0.146 e. The molecule has 0 saturated heterocycles. The van der Waals surface area contributed by atoms with Gasteiger partial charge in [0.1, 0.15) is 11.6 Å². The fraction of sp³-hybridized carbons (Fsp3) is 0.818. The third-order valence-corrected chi connectivity index (χ3v) is 3.14. The molecule has 0 radical (unpaired) electrons. The SMILES string of the molecule is CCCCCC(=O)C(CC(C)=O)SC. The van der Waals surface area contributed by atoms with E-state index in [1.54, 1.807) is 6.92 Å². The summed E-state index contributed by atoms with van der Waals surface area (Å²) in [4.78, 5) is 22.5. The first-order chi connectivity index (χ1) is 6.61. The summed E-state index contributed by atoms with van der Waals surface area (Å²) in [5, 5.41) is -0.107. The van der Waals surface area contributed by atoms with Crippen LogP contribution in [0.5, 0.6) is 0 Å². The molecule has 0 aliphatic rings. The van der Waals surface area contributed by atoms with Crippen LogP contribution in [0.15, 0.2) is 0 Å². The lowest BCUT2D eigenvalue weighted by atomic mass is 10.1. The number of hydrogen-bond donors (Lipinski definition) is 0. The molecular weight excluding hydrogens is 196 g/mol. The zero-order valence-electron chi connectivity index (χ0n) is 9.34. The van der Waals surface area contributed by atoms with E-state index in [4.69, 9.17) is 0 Å². The Morgan fingerprint density at radius 2 is 1.93 bits per heavy atom. The van der Waals surface area contributed by atoms with Crippen molar-refractivity contribution in [2.24, 2.45) is 0 Å². The van der Waals surface area contributed by atoms with Gasteiger partial charge in [0.25, 0.3) is 0 Å². The second-order valence-electron chi connectivity index (χ2n) is 3.55. The molecule has 0 saturated carbocycles. The lowest BCUT2D eigenvalue weighted by Crippen LogP contribution is -2.19. The van der Waals surface area contributed by atoms with Gasteiger partial charge in [-0.1, -0.05) is 19.8 Å². The topological polar surface area (TPSA) is 34.1 Å². The summed E-state index contributed by atoms with van der Waals surface area (Å²) in [6.45, 7) is 3.66. The van der Waals surface area contributed by atoms with E-state index in [2.05, 4.69) is 6.92 Å². The van der Waals surface area contributed by atoms with Gasteiger partial charge in [-0.05, 0) is 19.6 Å². The molecule has 0 aromatic heterocycles. The molecule has 0 heterocycles. The summed E-state index contributed by atoms with van der Waals surface area (Å²) in [7, 11) is 0. The normalized spacial score (nSPS) is 12.5. The van der Waals surface area contributed by atoms with E-state index < -0.39 is 0 Å². The number of hydrogen-bond acceptors (Lipinski definition) is 3. The lowest BCUT2D eigenvalue weighted by molar-refractivity contribution is -0.122. The summed E-state index contributed by atoms with van der Waals surface area (Å²) in [6, 6.07) is 0. The molecule has 0 fully saturated rings. The monoisotopic (exact) mass is 216 g/mol. The molecule has 1 unspecified atom stereocenters. The fourth-order valence-corrected chi connectivity index (χ4v) is 2.08. The van der Waals surface area contributed by atoms with Gasteiger partial charge in [-0.2, -0.15) is 11.8 Å². The lowest BCUT2D eigenvalue weighted by Gasteiger charge is -2.10. The third kappa shape index (κ3) is 6.19. The Hall–Kier alpha value is -0.310. The van der Waals surface area contributed by atoms with Crippen molar-refractivity contribution in [3.8, 4) is 0 Å². The Kier molecular flexibility index (Phi) is 7.86. The molecule has 0 aromatic rings. The molecule has 0 aromatic carbocycles. The number of Topliss-reactive ketones (excluding diaryl/α,β-unsaturated/α-hetero) is 2. The molecule has 0 aliphatic carbocycles. The van der Waals surface area contributed by atoms with E-state index >= 15 is 0 Å². The first kappa shape index (κ1) is 13.7. The van der Waals surface area contributed by atoms with E-state index in [0.717, 1.165) is 19.3 Å². The van der Waals surface area contributed by atoms with Crippen LogP contribution in [0.1, 0.15) is 46.0 Å². The maximum absolute atomic E-state index is 11.6. The van der Waals surface area contributed by atoms with Crippen molar-refractivity contribution in [2.45, 2.75) is 51.2 Å². The highest BCUT2D eigenvalue weighted by Crippen LogP contribution is 2.16. The first-order valence-corrected chi connectivity index (χ1v) is 6.45. The maximum atomic E-state index is 11.6. The quantitative estimate of drug-likeness (QED) is 0.585. The Labute approximate surface area is 90.8 Å². The third-order valence-electron chi connectivity index (χ3n) is 2.14. The average molecular weight is 216 g/mol. The summed E-state index contributed by atoms with van der Waals surface area (Å²) < 4.78 is 0. The zero-order chi connectivity index (χ0) is 11.0. The molecule has 0 bridgehead atoms. The van der Waals surface area contributed by atoms with Crippen LogP contribution >= 0.6 is 11.8 Å². The molecular formula is C11H20O2S. The minimum Gasteiger partial charge on any atom is -0.300 e. The molecule has 82 valence electrons. The van der Waals surface area contributed by atoms with Crippen LogP contribution in [0.4, 0.5) is 0 Å². The minimum absolute atomic E-state index is 0.105. The molecule has 2 nitrogen and oxygen atoms in total. The van der Waals surface area contributed by atoms with Gasteiger partial charge in [-0.25, -0.2) is 0 Å². The van der Waals surface area contributed by atoms with Crippen molar-refractivity contribution in [2.75, 3.05) is 6.26 Å². The van der Waals surface area contributed by atoms with Crippen LogP contribution in [-0.2, 0) is 9.59 Å². The van der Waals surface area contributed by atoms with Gasteiger partial charge in [0.2, 0.25) is 0 Å². The van der Waals surface area contributed by atoms with Gasteiger partial charge in [0.05, 0.1) is 5.25 Å². The minimum atomic E-state index is -0.107. The molecule has 14 heavy (non-hydrogen) atoms. The van der Waals surface area contributed by atoms with Gasteiger partial charge in [-0.15, -0.1) is 0 Å². The van der Waals surface area contributed by atoms with Crippen molar-refractivity contribution < 1.29 is 9.59 Å². The second kappa shape index (κ2) is 8.04. The van der Waals surface area contributed by atoms with Crippen LogP contribution < -0.4 is 0 Å². The van der Waals surface area contributed by atoms with Gasteiger partial charge in [-0.3, -0.25) is 9.59 Å². The second-order valence-corrected chi connectivity index (χ2v) is 4.59. The number of carbonyl (C=O) groups is 2. The van der Waals surface area contributed by atoms with E-state index in [1.807, 2.05) is 6.26 Å². The molecule has 0 amide bonds. The van der Waals surface area contributed by atoms with Crippen molar-refractivity contribution in [3.63, 3.8) is 0 Å². The molecule has 0 rings (SSSR count). The fourth-order valence-electron chi connectivity index (χ4n) is 1.30. The zero-order valence-corrected chi connectivity index (χ0v) is 10.2. The first-order valence-electron chi connectivity index (χ1n) is 5.16. The van der Waals surface area contributed by atoms with E-state index in [0.29, 0.717) is 12.8 Å². The van der Waals surface area contributed by atoms with Gasteiger partial charge < -0.3 is 0 Å². The van der Waals surface area contributed by atoms with Crippen LogP contribution in [0.2, 0.25) is 0 Å². The van der Waals surface area contributed by atoms with E-state index in [1.165, 1.54) is 11.8 Å². The van der Waals surface area contributed by atoms with E-state index in [-0.39, 0.29) is 16.8 Å². The molecule has 3 heteroatoms. The van der Waals surface area contributed by atoms with Crippen LogP contribution in [-0.4, -0.2) is 23.1 Å². The van der Waals surface area contributed by atoms with Crippen LogP contribution in [0, 0.1) is 0 Å². The largest absolute Gasteiger partial charge is 0.300 e. The van der Waals surface area contributed by atoms with Crippen molar-refractivity contribution in [1.29, 1.82) is 0 Å². The standard InChI is InChI=1S/C11H20O2S/c1-4-5-6-7-10(13)11(14-3)8-9(2)12/h11H,4-8H2,1-3H3. The molecule has 0 N–H and O–H groups in total. The van der Waals surface area contributed by atoms with Crippen molar-refractivity contribution in [3.05, 3.63) is 0 Å². The van der Waals surface area contributed by atoms with Gasteiger partial charge in [0, 0.05) is 12.8 Å². The van der Waals surface area contributed by atoms with Crippen LogP contribution in [0.25, 0.3) is 0 Å². The predicted octanol–water partition coefficient (Wildman–Crippen LogP) is 2.85. The predicted molar refractivity (Wildman–Crippen MR) is 61.8 cm³/mol. The van der Waals surface area contributed by atoms with Crippen LogP contribution in [0.3, 0.4) is 0 Å². The Morgan fingerprint density at radius 3 is 2.36 bits per heavy atom. The van der Waals surface area contributed by atoms with Crippen molar-refractivity contribution in [1.82, 2.24) is 0 Å². The van der Waals surface area contributed by atoms with Gasteiger partial charge in [0.15, 0.2) is 0 Å². The van der Waals surface area contributed by atoms with E-state index in [9.17, 15) is 9.59 Å². The average Bonchev–Trinajstić information content (AvgIpc) is 2.14. The highest BCUT2D eigenvalue weighted by Gasteiger charge is 2.17. The Balaban J connectivity index is 3.85. The van der Waals surface area contributed by atoms with Crippen molar-refractivity contribution >= 4 is 23.3 Å². The smallest absolute Gasteiger partial charge is 0.146 e. The summed E-state index contributed by atoms with van der Waals surface area (Å²) in [5.41, 5.74) is 0. The Morgan fingerprint density at radius 1 is 1.29 bits per heavy atom. The number of unbranched alkanes of at least 4 members (excludes halogenated alkanes) is 2. The Bertz CT molecular complexity index is 190. The number of carbonyl (C=O) groups excluding carboxylic acids is 2. The highest BCUT2D eigenvalue weighted by atomic mass is 32.2. The number of rotatable bonds is 8. The van der Waals surface area contributed by atoms with Gasteiger partial charge >= 0.3 is 0 Å². The number of thioether (sulfide) groups is 1. The summed E-state index contributed by atoms with van der Waals surface area (Å²) >= 11 is 1.49. The highest BCUT2D eigenvalue weighted by molar-refractivity contribution is 7.99. The molecule has 0 spiro atoms. The summed E-state index contributed by atoms with van der Waals surface area (Å²) in [5.74, 6) is 0.342. The molecule has 0 aliphatic heterocycles. The molecule has 1 atom stereocenters.